The van der Waals surface area contributed by atoms with Gasteiger partial charge in [-0.3, -0.25) is 9.59 Å². The first-order chi connectivity index (χ1) is 18.3. The first kappa shape index (κ1) is 29.3. The Bertz CT molecular complexity index is 1480. The maximum atomic E-state index is 13.1. The number of piperidine rings is 1. The average molecular weight is 588 g/mol. The minimum Gasteiger partial charge on any atom is -0.326 e. The molecule has 3 aromatic carbocycles. The summed E-state index contributed by atoms with van der Waals surface area (Å²) in [4.78, 5) is 26.2. The maximum Gasteiger partial charge on any atom is 0.228 e. The van der Waals surface area contributed by atoms with Gasteiger partial charge in [-0.1, -0.05) is 86.4 Å². The number of amides is 1. The van der Waals surface area contributed by atoms with Crippen molar-refractivity contribution in [2.75, 3.05) is 18.4 Å². The molecule has 1 aliphatic heterocycles. The highest BCUT2D eigenvalue weighted by molar-refractivity contribution is 7.88. The van der Waals surface area contributed by atoms with Crippen molar-refractivity contribution in [1.29, 1.82) is 0 Å². The van der Waals surface area contributed by atoms with E-state index in [9.17, 15) is 18.0 Å². The number of anilines is 1. The van der Waals surface area contributed by atoms with Crippen LogP contribution >= 0.6 is 23.2 Å². The highest BCUT2D eigenvalue weighted by atomic mass is 35.5. The molecule has 0 spiro atoms. The number of benzene rings is 3. The number of nitrogens with zero attached hydrogens (tertiary/aromatic N) is 1. The Hall–Kier alpha value is -2.71. The Balaban J connectivity index is 1.42. The van der Waals surface area contributed by atoms with Crippen LogP contribution in [0.15, 0.2) is 66.7 Å². The zero-order valence-electron chi connectivity index (χ0n) is 22.2. The smallest absolute Gasteiger partial charge is 0.228 e. The van der Waals surface area contributed by atoms with E-state index in [1.54, 1.807) is 42.5 Å². The number of hydrogen-bond acceptors (Lipinski definition) is 4. The SMILES string of the molecule is CC(C)(C)c1ccc(C(=O)c2cccc(NC(=O)C3CCCN(S(=O)(=O)Cc4ccc(Cl)c(Cl)c4)C3)c2)cc1. The lowest BCUT2D eigenvalue weighted by atomic mass is 9.86. The van der Waals surface area contributed by atoms with Crippen molar-refractivity contribution in [2.45, 2.75) is 44.8 Å². The lowest BCUT2D eigenvalue weighted by Gasteiger charge is -2.31. The summed E-state index contributed by atoms with van der Waals surface area (Å²) in [6, 6.07) is 19.1. The normalized spacial score (nSPS) is 16.6. The Kier molecular flexibility index (Phi) is 8.86. The van der Waals surface area contributed by atoms with Gasteiger partial charge in [-0.15, -0.1) is 0 Å². The van der Waals surface area contributed by atoms with Crippen LogP contribution in [-0.4, -0.2) is 37.5 Å². The van der Waals surface area contributed by atoms with Crippen molar-refractivity contribution in [3.8, 4) is 0 Å². The van der Waals surface area contributed by atoms with Crippen molar-refractivity contribution in [3.63, 3.8) is 0 Å². The highest BCUT2D eigenvalue weighted by Gasteiger charge is 2.32. The fourth-order valence-corrected chi connectivity index (χ4v) is 6.53. The van der Waals surface area contributed by atoms with Gasteiger partial charge in [0.15, 0.2) is 5.78 Å². The van der Waals surface area contributed by atoms with E-state index in [1.807, 2.05) is 24.3 Å². The van der Waals surface area contributed by atoms with E-state index in [-0.39, 0.29) is 29.4 Å². The molecule has 6 nitrogen and oxygen atoms in total. The third-order valence-corrected chi connectivity index (χ3v) is 9.44. The van der Waals surface area contributed by atoms with Gasteiger partial charge in [-0.05, 0) is 53.6 Å². The van der Waals surface area contributed by atoms with Crippen molar-refractivity contribution in [1.82, 2.24) is 4.31 Å². The molecular weight excluding hydrogens is 555 g/mol. The molecule has 1 heterocycles. The van der Waals surface area contributed by atoms with Crippen molar-refractivity contribution in [3.05, 3.63) is 99.0 Å². The summed E-state index contributed by atoms with van der Waals surface area (Å²) < 4.78 is 27.5. The Morgan fingerprint density at radius 1 is 0.949 bits per heavy atom. The molecule has 0 radical (unpaired) electrons. The van der Waals surface area contributed by atoms with E-state index < -0.39 is 15.9 Å². The molecule has 9 heteroatoms. The number of nitrogens with one attached hydrogen (secondary N) is 1. The second kappa shape index (κ2) is 11.8. The quantitative estimate of drug-likeness (QED) is 0.312. The molecule has 0 saturated carbocycles. The van der Waals surface area contributed by atoms with Crippen LogP contribution in [0.4, 0.5) is 5.69 Å². The van der Waals surface area contributed by atoms with E-state index in [2.05, 4.69) is 26.1 Å². The van der Waals surface area contributed by atoms with Gasteiger partial charge in [0.1, 0.15) is 0 Å². The summed E-state index contributed by atoms with van der Waals surface area (Å²) in [5.74, 6) is -1.14. The van der Waals surface area contributed by atoms with Crippen LogP contribution in [0.1, 0.15) is 60.7 Å². The van der Waals surface area contributed by atoms with Crippen LogP contribution in [0.25, 0.3) is 0 Å². The van der Waals surface area contributed by atoms with Crippen molar-refractivity contribution in [2.24, 2.45) is 5.92 Å². The molecule has 0 aromatic heterocycles. The molecule has 1 fully saturated rings. The summed E-state index contributed by atoms with van der Waals surface area (Å²) in [6.07, 6.45) is 1.14. The van der Waals surface area contributed by atoms with Gasteiger partial charge in [0, 0.05) is 29.9 Å². The predicted octanol–water partition coefficient (Wildman–Crippen LogP) is 6.70. The fraction of sp³-hybridized carbons (Fsp3) is 0.333. The molecular formula is C30H32Cl2N2O4S. The average Bonchev–Trinajstić information content (AvgIpc) is 2.90. The number of sulfonamides is 1. The molecule has 1 aliphatic rings. The molecule has 3 aromatic rings. The Morgan fingerprint density at radius 2 is 1.67 bits per heavy atom. The van der Waals surface area contributed by atoms with Crippen LogP contribution in [0.3, 0.4) is 0 Å². The molecule has 1 amide bonds. The minimum absolute atomic E-state index is 0.0105. The zero-order valence-corrected chi connectivity index (χ0v) is 24.5. The molecule has 39 heavy (non-hydrogen) atoms. The van der Waals surface area contributed by atoms with Crippen LogP contribution in [0, 0.1) is 5.92 Å². The van der Waals surface area contributed by atoms with Crippen molar-refractivity contribution >= 4 is 50.6 Å². The van der Waals surface area contributed by atoms with E-state index in [4.69, 9.17) is 23.2 Å². The number of carbonyl (C=O) groups excluding carboxylic acids is 2. The van der Waals surface area contributed by atoms with Crippen LogP contribution in [0.5, 0.6) is 0 Å². The second-order valence-electron chi connectivity index (χ2n) is 10.9. The molecule has 1 atom stereocenters. The van der Waals surface area contributed by atoms with Gasteiger partial charge in [0.25, 0.3) is 0 Å². The molecule has 206 valence electrons. The number of ketones is 1. The van der Waals surface area contributed by atoms with Gasteiger partial charge < -0.3 is 5.32 Å². The number of carbonyl (C=O) groups is 2. The van der Waals surface area contributed by atoms with Gasteiger partial charge in [0.05, 0.1) is 21.7 Å². The first-order valence-corrected chi connectivity index (χ1v) is 15.2. The Labute approximate surface area is 240 Å². The number of rotatable bonds is 7. The zero-order chi connectivity index (χ0) is 28.4. The topological polar surface area (TPSA) is 83.6 Å². The van der Waals surface area contributed by atoms with Gasteiger partial charge in [-0.2, -0.15) is 0 Å². The summed E-state index contributed by atoms with van der Waals surface area (Å²) >= 11 is 12.0. The molecule has 0 bridgehead atoms. The monoisotopic (exact) mass is 586 g/mol. The third-order valence-electron chi connectivity index (χ3n) is 6.89. The predicted molar refractivity (Wildman–Crippen MR) is 157 cm³/mol. The van der Waals surface area contributed by atoms with E-state index in [0.717, 1.165) is 5.56 Å². The summed E-state index contributed by atoms with van der Waals surface area (Å²) in [5, 5.41) is 3.53. The van der Waals surface area contributed by atoms with Crippen LogP contribution in [0.2, 0.25) is 10.0 Å². The van der Waals surface area contributed by atoms with E-state index in [1.165, 1.54) is 4.31 Å². The number of hydrogen-bond donors (Lipinski definition) is 1. The molecule has 4 rings (SSSR count). The van der Waals surface area contributed by atoms with Crippen LogP contribution in [-0.2, 0) is 26.0 Å². The second-order valence-corrected chi connectivity index (χ2v) is 13.7. The summed E-state index contributed by atoms with van der Waals surface area (Å²) in [5.41, 5.74) is 3.19. The third kappa shape index (κ3) is 7.28. The molecule has 1 saturated heterocycles. The van der Waals surface area contributed by atoms with Crippen LogP contribution < -0.4 is 5.32 Å². The van der Waals surface area contributed by atoms with Gasteiger partial charge in [-0.25, -0.2) is 12.7 Å². The largest absolute Gasteiger partial charge is 0.326 e. The highest BCUT2D eigenvalue weighted by Crippen LogP contribution is 2.27. The Morgan fingerprint density at radius 3 is 2.33 bits per heavy atom. The molecule has 1 N–H and O–H groups in total. The minimum atomic E-state index is -3.66. The first-order valence-electron chi connectivity index (χ1n) is 12.8. The van der Waals surface area contributed by atoms with E-state index in [0.29, 0.717) is 51.8 Å². The summed E-state index contributed by atoms with van der Waals surface area (Å²) in [7, 11) is -3.66. The lowest BCUT2D eigenvalue weighted by molar-refractivity contribution is -0.120. The van der Waals surface area contributed by atoms with E-state index >= 15 is 0 Å². The number of halogens is 2. The van der Waals surface area contributed by atoms with Crippen molar-refractivity contribution < 1.29 is 18.0 Å². The van der Waals surface area contributed by atoms with Gasteiger partial charge >= 0.3 is 0 Å². The lowest BCUT2D eigenvalue weighted by Crippen LogP contribution is -2.44. The molecule has 1 unspecified atom stereocenters. The maximum absolute atomic E-state index is 13.1. The molecule has 0 aliphatic carbocycles. The summed E-state index contributed by atoms with van der Waals surface area (Å²) in [6.45, 7) is 6.80. The van der Waals surface area contributed by atoms with Gasteiger partial charge in [0.2, 0.25) is 15.9 Å². The standard InChI is InChI=1S/C30H32Cl2N2O4S/c1-30(2,3)24-12-10-21(11-13-24)28(35)22-6-4-8-25(17-22)33-29(36)23-7-5-15-34(18-23)39(37,38)19-20-9-14-26(31)27(32)16-20/h4,6,8-14,16-17,23H,5,7,15,18-19H2,1-3H3,(H,33,36). The fourth-order valence-electron chi connectivity index (χ4n) is 4.61.